The van der Waals surface area contributed by atoms with Gasteiger partial charge < -0.3 is 10.6 Å². The number of hydrogen-bond acceptors (Lipinski definition) is 3. The Morgan fingerprint density at radius 1 is 1.11 bits per heavy atom. The van der Waals surface area contributed by atoms with E-state index in [4.69, 9.17) is 12.2 Å². The number of aryl methyl sites for hydroxylation is 1. The Bertz CT molecular complexity index is 365. The molecule has 0 atom stereocenters. The van der Waals surface area contributed by atoms with Crippen molar-refractivity contribution in [2.75, 3.05) is 30.9 Å². The van der Waals surface area contributed by atoms with Crippen molar-refractivity contribution in [3.8, 4) is 0 Å². The molecular formula is C14H22N2S3. The highest BCUT2D eigenvalue weighted by molar-refractivity contribution is 7.99. The fourth-order valence-electron chi connectivity index (χ4n) is 1.45. The van der Waals surface area contributed by atoms with E-state index in [-0.39, 0.29) is 0 Å². The number of rotatable bonds is 8. The Hall–Kier alpha value is -0.390. The normalized spacial score (nSPS) is 10.2. The summed E-state index contributed by atoms with van der Waals surface area (Å²) in [5, 5.41) is 7.22. The lowest BCUT2D eigenvalue weighted by Crippen LogP contribution is -2.37. The number of hydrogen-bond donors (Lipinski definition) is 2. The molecule has 2 N–H and O–H groups in total. The average molecular weight is 315 g/mol. The van der Waals surface area contributed by atoms with Crippen LogP contribution in [0.15, 0.2) is 29.2 Å². The Morgan fingerprint density at radius 2 is 1.79 bits per heavy atom. The van der Waals surface area contributed by atoms with Crippen molar-refractivity contribution in [3.05, 3.63) is 29.8 Å². The third-order valence-corrected chi connectivity index (χ3v) is 4.49. The predicted octanol–water partition coefficient (Wildman–Crippen LogP) is 3.30. The van der Waals surface area contributed by atoms with Gasteiger partial charge in [0.25, 0.3) is 0 Å². The van der Waals surface area contributed by atoms with E-state index in [0.29, 0.717) is 0 Å². The zero-order valence-corrected chi connectivity index (χ0v) is 14.0. The van der Waals surface area contributed by atoms with Gasteiger partial charge in [0.2, 0.25) is 0 Å². The first kappa shape index (κ1) is 16.7. The fourth-order valence-corrected chi connectivity index (χ4v) is 2.85. The average Bonchev–Trinajstić information content (AvgIpc) is 2.42. The first-order chi connectivity index (χ1) is 9.22. The lowest BCUT2D eigenvalue weighted by molar-refractivity contribution is 0.819. The summed E-state index contributed by atoms with van der Waals surface area (Å²) in [5.41, 5.74) is 1.30. The molecule has 0 aliphatic carbocycles. The summed E-state index contributed by atoms with van der Waals surface area (Å²) in [4.78, 5) is 1.31. The van der Waals surface area contributed by atoms with Crippen LogP contribution in [-0.4, -0.2) is 36.0 Å². The molecule has 0 heterocycles. The van der Waals surface area contributed by atoms with Crippen molar-refractivity contribution in [2.24, 2.45) is 0 Å². The van der Waals surface area contributed by atoms with Gasteiger partial charge in [0.15, 0.2) is 5.11 Å². The molecule has 1 aromatic rings. The van der Waals surface area contributed by atoms with Crippen molar-refractivity contribution in [3.63, 3.8) is 0 Å². The molecule has 106 valence electrons. The van der Waals surface area contributed by atoms with Crippen LogP contribution in [0.25, 0.3) is 0 Å². The monoisotopic (exact) mass is 314 g/mol. The zero-order valence-electron chi connectivity index (χ0n) is 11.6. The quantitative estimate of drug-likeness (QED) is 0.436. The van der Waals surface area contributed by atoms with Crippen molar-refractivity contribution in [2.45, 2.75) is 18.2 Å². The molecule has 0 aliphatic rings. The Balaban J connectivity index is 2.03. The van der Waals surface area contributed by atoms with E-state index in [1.807, 2.05) is 23.5 Å². The van der Waals surface area contributed by atoms with Gasteiger partial charge >= 0.3 is 0 Å². The van der Waals surface area contributed by atoms with Crippen LogP contribution in [0.5, 0.6) is 0 Å². The van der Waals surface area contributed by atoms with Crippen molar-refractivity contribution >= 4 is 40.9 Å². The summed E-state index contributed by atoms with van der Waals surface area (Å²) in [6.45, 7) is 3.96. The molecule has 0 fully saturated rings. The van der Waals surface area contributed by atoms with E-state index in [2.05, 4.69) is 48.1 Å². The van der Waals surface area contributed by atoms with Crippen LogP contribution in [0.3, 0.4) is 0 Å². The summed E-state index contributed by atoms with van der Waals surface area (Å²) in [7, 11) is 0. The minimum Gasteiger partial charge on any atom is -0.363 e. The van der Waals surface area contributed by atoms with Crippen LogP contribution in [0, 0.1) is 6.92 Å². The smallest absolute Gasteiger partial charge is 0.166 e. The summed E-state index contributed by atoms with van der Waals surface area (Å²) in [6.07, 6.45) is 3.28. The molecule has 0 radical (unpaired) electrons. The standard InChI is InChI=1S/C14H22N2S3/c1-12-4-6-13(7-5-12)19-11-9-16-14(17)15-8-3-10-18-2/h4-7H,3,8-11H2,1-2H3,(H2,15,16,17). The van der Waals surface area contributed by atoms with Crippen molar-refractivity contribution in [1.82, 2.24) is 10.6 Å². The van der Waals surface area contributed by atoms with Gasteiger partial charge in [0.05, 0.1) is 0 Å². The van der Waals surface area contributed by atoms with E-state index in [1.165, 1.54) is 16.2 Å². The van der Waals surface area contributed by atoms with E-state index in [0.717, 1.165) is 30.4 Å². The third kappa shape index (κ3) is 8.39. The Morgan fingerprint density at radius 3 is 2.47 bits per heavy atom. The van der Waals surface area contributed by atoms with E-state index in [1.54, 1.807) is 0 Å². The van der Waals surface area contributed by atoms with Gasteiger partial charge in [0, 0.05) is 23.7 Å². The van der Waals surface area contributed by atoms with E-state index < -0.39 is 0 Å². The largest absolute Gasteiger partial charge is 0.363 e. The molecule has 0 saturated heterocycles. The van der Waals surface area contributed by atoms with E-state index >= 15 is 0 Å². The highest BCUT2D eigenvalue weighted by atomic mass is 32.2. The van der Waals surface area contributed by atoms with Crippen LogP contribution in [0.4, 0.5) is 0 Å². The van der Waals surface area contributed by atoms with Crippen LogP contribution in [0.2, 0.25) is 0 Å². The summed E-state index contributed by atoms with van der Waals surface area (Å²) in [6, 6.07) is 8.62. The van der Waals surface area contributed by atoms with Crippen molar-refractivity contribution in [1.29, 1.82) is 0 Å². The van der Waals surface area contributed by atoms with Gasteiger partial charge in [0.1, 0.15) is 0 Å². The topological polar surface area (TPSA) is 24.1 Å². The van der Waals surface area contributed by atoms with Gasteiger partial charge in [-0.15, -0.1) is 11.8 Å². The highest BCUT2D eigenvalue weighted by Gasteiger charge is 1.96. The lowest BCUT2D eigenvalue weighted by atomic mass is 10.2. The maximum Gasteiger partial charge on any atom is 0.166 e. The number of thiocarbonyl (C=S) groups is 1. The van der Waals surface area contributed by atoms with Crippen molar-refractivity contribution < 1.29 is 0 Å². The van der Waals surface area contributed by atoms with Gasteiger partial charge in [-0.2, -0.15) is 11.8 Å². The summed E-state index contributed by atoms with van der Waals surface area (Å²) < 4.78 is 0. The van der Waals surface area contributed by atoms with Crippen LogP contribution < -0.4 is 10.6 Å². The fraction of sp³-hybridized carbons (Fsp3) is 0.500. The van der Waals surface area contributed by atoms with Crippen LogP contribution >= 0.6 is 35.7 Å². The molecule has 0 aromatic heterocycles. The minimum absolute atomic E-state index is 0.769. The summed E-state index contributed by atoms with van der Waals surface area (Å²) >= 11 is 8.93. The maximum absolute atomic E-state index is 5.21. The molecule has 5 heteroatoms. The molecule has 0 unspecified atom stereocenters. The molecule has 2 nitrogen and oxygen atoms in total. The first-order valence-corrected chi connectivity index (χ1v) is 9.21. The second-order valence-corrected chi connectivity index (χ2v) is 6.75. The third-order valence-electron chi connectivity index (χ3n) is 2.49. The van der Waals surface area contributed by atoms with Gasteiger partial charge in [-0.05, 0) is 49.7 Å². The van der Waals surface area contributed by atoms with Crippen LogP contribution in [-0.2, 0) is 0 Å². The number of nitrogens with one attached hydrogen (secondary N) is 2. The Labute approximate surface area is 130 Å². The number of benzene rings is 1. The maximum atomic E-state index is 5.21. The van der Waals surface area contributed by atoms with Gasteiger partial charge in [-0.1, -0.05) is 17.7 Å². The molecule has 19 heavy (non-hydrogen) atoms. The molecular weight excluding hydrogens is 292 g/mol. The van der Waals surface area contributed by atoms with Gasteiger partial charge in [-0.25, -0.2) is 0 Å². The second kappa shape index (κ2) is 10.4. The zero-order chi connectivity index (χ0) is 13.9. The predicted molar refractivity (Wildman–Crippen MR) is 93.5 cm³/mol. The molecule has 0 saturated carbocycles. The number of thioether (sulfide) groups is 2. The molecule has 0 bridgehead atoms. The second-order valence-electron chi connectivity index (χ2n) is 4.19. The molecule has 1 rings (SSSR count). The molecule has 0 aliphatic heterocycles. The van der Waals surface area contributed by atoms with E-state index in [9.17, 15) is 0 Å². The first-order valence-electron chi connectivity index (χ1n) is 6.42. The Kier molecular flexibility index (Phi) is 9.12. The minimum atomic E-state index is 0.769. The SMILES string of the molecule is CSCCCNC(=S)NCCSc1ccc(C)cc1. The highest BCUT2D eigenvalue weighted by Crippen LogP contribution is 2.17. The van der Waals surface area contributed by atoms with Crippen LogP contribution in [0.1, 0.15) is 12.0 Å². The summed E-state index contributed by atoms with van der Waals surface area (Å²) in [5.74, 6) is 2.20. The molecule has 1 aromatic carbocycles. The molecule has 0 amide bonds. The lowest BCUT2D eigenvalue weighted by Gasteiger charge is -2.10. The molecule has 0 spiro atoms. The van der Waals surface area contributed by atoms with Gasteiger partial charge in [-0.3, -0.25) is 0 Å².